The van der Waals surface area contributed by atoms with E-state index in [4.69, 9.17) is 14.5 Å². The standard InChI is InChI=1S/C32H32F3N5O3/c33-27-24(26-11-22(41)10-19-4-1-2-5-23(19)26)6-7-25-28(27)37-30(38-29(25)40-20-12-36-13-21(40)15-42-14-20)43-18-31-8-3-9-39(31)17-32(34,35)16-31/h1-2,4-7,10-11,20-21,36,41H,3,8-9,12-18H2. The topological polar surface area (TPSA) is 83.0 Å². The van der Waals surface area contributed by atoms with Gasteiger partial charge in [0.1, 0.15) is 23.7 Å². The molecule has 43 heavy (non-hydrogen) atoms. The summed E-state index contributed by atoms with van der Waals surface area (Å²) in [6.07, 6.45) is 1.15. The molecular weight excluding hydrogens is 559 g/mol. The van der Waals surface area contributed by atoms with Crippen LogP contribution in [-0.4, -0.2) is 89.5 Å². The fourth-order valence-electron chi connectivity index (χ4n) is 7.66. The van der Waals surface area contributed by atoms with Gasteiger partial charge in [0.15, 0.2) is 5.82 Å². The molecule has 0 spiro atoms. The molecule has 4 saturated heterocycles. The van der Waals surface area contributed by atoms with Gasteiger partial charge in [-0.25, -0.2) is 13.2 Å². The van der Waals surface area contributed by atoms with Gasteiger partial charge in [-0.3, -0.25) is 4.90 Å². The van der Waals surface area contributed by atoms with Crippen LogP contribution in [0, 0.1) is 5.82 Å². The highest BCUT2D eigenvalue weighted by Crippen LogP contribution is 2.46. The van der Waals surface area contributed by atoms with E-state index in [2.05, 4.69) is 15.2 Å². The van der Waals surface area contributed by atoms with Gasteiger partial charge in [-0.2, -0.15) is 9.97 Å². The zero-order valence-electron chi connectivity index (χ0n) is 23.5. The number of ether oxygens (including phenoxy) is 2. The van der Waals surface area contributed by atoms with Crippen molar-refractivity contribution in [2.75, 3.05) is 50.9 Å². The SMILES string of the molecule is Oc1cc(-c2ccc3c(N4C5CNCC4COC5)nc(OCC45CCCN4CC(F)(F)C5)nc3c2F)c2ccccc2c1. The molecule has 11 heteroatoms. The number of nitrogens with one attached hydrogen (secondary N) is 1. The maximum absolute atomic E-state index is 16.7. The monoisotopic (exact) mass is 591 g/mol. The minimum Gasteiger partial charge on any atom is -0.508 e. The number of hydrogen-bond donors (Lipinski definition) is 2. The Labute approximate surface area is 246 Å². The van der Waals surface area contributed by atoms with E-state index in [0.717, 1.165) is 17.2 Å². The second-order valence-electron chi connectivity index (χ2n) is 12.3. The Morgan fingerprint density at radius 1 is 1.02 bits per heavy atom. The largest absolute Gasteiger partial charge is 0.508 e. The van der Waals surface area contributed by atoms with Crippen LogP contribution in [0.4, 0.5) is 19.0 Å². The van der Waals surface area contributed by atoms with Gasteiger partial charge in [-0.15, -0.1) is 0 Å². The second kappa shape index (κ2) is 9.93. The third kappa shape index (κ3) is 4.47. The summed E-state index contributed by atoms with van der Waals surface area (Å²) in [5, 5.41) is 16.0. The number of nitrogens with zero attached hydrogens (tertiary/aromatic N) is 4. The highest BCUT2D eigenvalue weighted by atomic mass is 19.3. The number of aromatic nitrogens is 2. The Morgan fingerprint density at radius 2 is 1.84 bits per heavy atom. The van der Waals surface area contributed by atoms with Gasteiger partial charge in [-0.1, -0.05) is 30.3 Å². The lowest BCUT2D eigenvalue weighted by Crippen LogP contribution is -2.64. The zero-order valence-corrected chi connectivity index (χ0v) is 23.5. The number of benzene rings is 3. The van der Waals surface area contributed by atoms with Gasteiger partial charge >= 0.3 is 6.01 Å². The average molecular weight is 592 g/mol. The normalized spacial score (nSPS) is 26.7. The van der Waals surface area contributed by atoms with Gasteiger partial charge < -0.3 is 24.8 Å². The van der Waals surface area contributed by atoms with E-state index in [1.54, 1.807) is 18.2 Å². The molecule has 224 valence electrons. The summed E-state index contributed by atoms with van der Waals surface area (Å²) in [6.45, 7) is 2.68. The van der Waals surface area contributed by atoms with Crippen LogP contribution in [0.5, 0.6) is 11.8 Å². The summed E-state index contributed by atoms with van der Waals surface area (Å²) in [5.74, 6) is -2.76. The number of phenols is 1. The van der Waals surface area contributed by atoms with Crippen LogP contribution in [0.1, 0.15) is 19.3 Å². The van der Waals surface area contributed by atoms with E-state index in [0.29, 0.717) is 56.0 Å². The molecule has 8 rings (SSSR count). The van der Waals surface area contributed by atoms with Gasteiger partial charge in [0, 0.05) is 30.5 Å². The summed E-state index contributed by atoms with van der Waals surface area (Å²) in [6, 6.07) is 14.1. The predicted octanol–water partition coefficient (Wildman–Crippen LogP) is 4.72. The number of phenolic OH excluding ortho intramolecular Hbond substituents is 1. The first kappa shape index (κ1) is 26.9. The second-order valence-corrected chi connectivity index (χ2v) is 12.3. The molecule has 4 aromatic rings. The van der Waals surface area contributed by atoms with Gasteiger partial charge in [0.2, 0.25) is 0 Å². The molecule has 3 atom stereocenters. The Morgan fingerprint density at radius 3 is 2.67 bits per heavy atom. The van der Waals surface area contributed by atoms with E-state index >= 15 is 4.39 Å². The third-order valence-corrected chi connectivity index (χ3v) is 9.54. The lowest BCUT2D eigenvalue weighted by atomic mass is 9.94. The molecule has 3 unspecified atom stereocenters. The Hall–Kier alpha value is -3.67. The number of rotatable bonds is 5. The van der Waals surface area contributed by atoms with Crippen molar-refractivity contribution < 1.29 is 27.8 Å². The number of aromatic hydroxyl groups is 1. The maximum atomic E-state index is 16.7. The van der Waals surface area contributed by atoms with Gasteiger partial charge in [-0.05, 0) is 53.9 Å². The van der Waals surface area contributed by atoms with Crippen molar-refractivity contribution in [3.8, 4) is 22.9 Å². The lowest BCUT2D eigenvalue weighted by Gasteiger charge is -2.47. The number of hydrogen-bond acceptors (Lipinski definition) is 8. The van der Waals surface area contributed by atoms with Crippen molar-refractivity contribution in [1.29, 1.82) is 0 Å². The summed E-state index contributed by atoms with van der Waals surface area (Å²) < 4.78 is 57.6. The van der Waals surface area contributed by atoms with Crippen LogP contribution in [0.3, 0.4) is 0 Å². The van der Waals surface area contributed by atoms with E-state index in [1.165, 1.54) is 0 Å². The van der Waals surface area contributed by atoms with Crippen molar-refractivity contribution in [3.05, 3.63) is 54.3 Å². The average Bonchev–Trinajstić information content (AvgIpc) is 3.47. The van der Waals surface area contributed by atoms with E-state index < -0.39 is 17.3 Å². The maximum Gasteiger partial charge on any atom is 0.319 e. The number of fused-ring (bicyclic) bond motifs is 5. The molecule has 2 N–H and O–H groups in total. The molecule has 4 aliphatic heterocycles. The molecule has 3 aromatic carbocycles. The fraction of sp³-hybridized carbons (Fsp3) is 0.438. The van der Waals surface area contributed by atoms with Gasteiger partial charge in [0.05, 0.1) is 37.4 Å². The molecule has 0 aliphatic carbocycles. The molecule has 5 heterocycles. The van der Waals surface area contributed by atoms with Crippen LogP contribution in [0.2, 0.25) is 0 Å². The molecule has 0 saturated carbocycles. The van der Waals surface area contributed by atoms with Crippen LogP contribution in [0.25, 0.3) is 32.8 Å². The predicted molar refractivity (Wildman–Crippen MR) is 156 cm³/mol. The quantitative estimate of drug-likeness (QED) is 0.345. The van der Waals surface area contributed by atoms with E-state index in [1.807, 2.05) is 35.2 Å². The summed E-state index contributed by atoms with van der Waals surface area (Å²) in [4.78, 5) is 13.4. The first-order valence-corrected chi connectivity index (χ1v) is 14.9. The van der Waals surface area contributed by atoms with Crippen molar-refractivity contribution >= 4 is 27.5 Å². The molecule has 4 aliphatic rings. The highest BCUT2D eigenvalue weighted by molar-refractivity contribution is 6.01. The van der Waals surface area contributed by atoms with Crippen molar-refractivity contribution in [2.45, 2.75) is 42.8 Å². The van der Waals surface area contributed by atoms with Crippen LogP contribution in [0.15, 0.2) is 48.5 Å². The van der Waals surface area contributed by atoms with Crippen LogP contribution < -0.4 is 15.0 Å². The van der Waals surface area contributed by atoms with Crippen molar-refractivity contribution in [3.63, 3.8) is 0 Å². The van der Waals surface area contributed by atoms with Crippen molar-refractivity contribution in [2.24, 2.45) is 0 Å². The third-order valence-electron chi connectivity index (χ3n) is 9.54. The van der Waals surface area contributed by atoms with Crippen LogP contribution in [-0.2, 0) is 4.74 Å². The minimum atomic E-state index is -2.78. The molecule has 4 fully saturated rings. The Balaban J connectivity index is 1.26. The minimum absolute atomic E-state index is 0.00354. The summed E-state index contributed by atoms with van der Waals surface area (Å²) in [7, 11) is 0. The fourth-order valence-corrected chi connectivity index (χ4v) is 7.66. The number of halogens is 3. The van der Waals surface area contributed by atoms with E-state index in [9.17, 15) is 13.9 Å². The van der Waals surface area contributed by atoms with E-state index in [-0.39, 0.29) is 54.5 Å². The first-order chi connectivity index (χ1) is 20.8. The number of piperazine rings is 1. The smallest absolute Gasteiger partial charge is 0.319 e. The molecular formula is C32H32F3N5O3. The number of anilines is 1. The molecule has 1 aromatic heterocycles. The van der Waals surface area contributed by atoms with Crippen molar-refractivity contribution in [1.82, 2.24) is 20.2 Å². The number of alkyl halides is 2. The molecule has 0 radical (unpaired) electrons. The highest BCUT2D eigenvalue weighted by Gasteiger charge is 2.57. The molecule has 8 nitrogen and oxygen atoms in total. The Bertz CT molecular complexity index is 1720. The Kier molecular flexibility index (Phi) is 6.22. The number of morpholine rings is 1. The summed E-state index contributed by atoms with van der Waals surface area (Å²) in [5.41, 5.74) is 0.121. The molecule has 2 bridgehead atoms. The van der Waals surface area contributed by atoms with Crippen LogP contribution >= 0.6 is 0 Å². The zero-order chi connectivity index (χ0) is 29.3. The first-order valence-electron chi connectivity index (χ1n) is 14.9. The van der Waals surface area contributed by atoms with Gasteiger partial charge in [0.25, 0.3) is 5.92 Å². The molecule has 0 amide bonds. The summed E-state index contributed by atoms with van der Waals surface area (Å²) >= 11 is 0. The lowest BCUT2D eigenvalue weighted by molar-refractivity contribution is 0.00803.